The van der Waals surface area contributed by atoms with E-state index in [1.165, 1.54) is 27.4 Å². The first-order chi connectivity index (χ1) is 8.65. The Morgan fingerprint density at radius 1 is 1.33 bits per heavy atom. The molecular formula is C14H11ClN2S. The van der Waals surface area contributed by atoms with Crippen LogP contribution < -0.4 is 0 Å². The van der Waals surface area contributed by atoms with Crippen LogP contribution in [-0.4, -0.2) is 9.38 Å². The molecule has 0 fully saturated rings. The van der Waals surface area contributed by atoms with Crippen LogP contribution in [0.25, 0.3) is 16.2 Å². The fourth-order valence-corrected chi connectivity index (χ4v) is 3.90. The Morgan fingerprint density at radius 2 is 2.17 bits per heavy atom. The summed E-state index contributed by atoms with van der Waals surface area (Å²) in [6.07, 6.45) is 0.934. The van der Waals surface area contributed by atoms with E-state index in [4.69, 9.17) is 16.6 Å². The minimum absolute atomic E-state index is 0.804. The van der Waals surface area contributed by atoms with Crippen LogP contribution in [0.1, 0.15) is 21.8 Å². The van der Waals surface area contributed by atoms with Crippen LogP contribution in [0.2, 0.25) is 5.02 Å². The lowest BCUT2D eigenvalue weighted by Gasteiger charge is -1.99. The number of hydrogen-bond donors (Lipinski definition) is 0. The van der Waals surface area contributed by atoms with Gasteiger partial charge in [-0.15, -0.1) is 11.3 Å². The Kier molecular flexibility index (Phi) is 1.98. The maximum atomic E-state index is 6.06. The first-order valence-corrected chi connectivity index (χ1v) is 7.10. The van der Waals surface area contributed by atoms with Gasteiger partial charge in [0.15, 0.2) is 4.96 Å². The normalized spacial score (nSPS) is 13.1. The number of fused-ring (bicyclic) bond motifs is 5. The van der Waals surface area contributed by atoms with E-state index in [9.17, 15) is 0 Å². The molecule has 4 rings (SSSR count). The molecule has 0 amide bonds. The molecule has 2 aromatic heterocycles. The van der Waals surface area contributed by atoms with E-state index in [1.807, 2.05) is 6.07 Å². The smallest absolute Gasteiger partial charge is 0.194 e. The molecule has 0 aliphatic heterocycles. The van der Waals surface area contributed by atoms with Crippen molar-refractivity contribution in [2.24, 2.45) is 0 Å². The number of aromatic nitrogens is 2. The lowest BCUT2D eigenvalue weighted by molar-refractivity contribution is 1.01. The number of benzene rings is 1. The third-order valence-electron chi connectivity index (χ3n) is 3.71. The minimum atomic E-state index is 0.804. The highest BCUT2D eigenvalue weighted by Crippen LogP contribution is 2.40. The van der Waals surface area contributed by atoms with E-state index < -0.39 is 0 Å². The van der Waals surface area contributed by atoms with Gasteiger partial charge in [0.05, 0.1) is 11.4 Å². The molecule has 18 heavy (non-hydrogen) atoms. The van der Waals surface area contributed by atoms with E-state index in [1.54, 1.807) is 11.3 Å². The number of nitrogens with zero attached hydrogens (tertiary/aromatic N) is 2. The highest BCUT2D eigenvalue weighted by molar-refractivity contribution is 7.17. The Bertz CT molecular complexity index is 798. The van der Waals surface area contributed by atoms with Crippen LogP contribution >= 0.6 is 22.9 Å². The molecule has 0 saturated carbocycles. The van der Waals surface area contributed by atoms with Crippen molar-refractivity contribution in [3.8, 4) is 11.3 Å². The van der Waals surface area contributed by atoms with Crippen molar-refractivity contribution < 1.29 is 0 Å². The Balaban J connectivity index is 2.06. The number of rotatable bonds is 0. The van der Waals surface area contributed by atoms with Gasteiger partial charge in [0.25, 0.3) is 0 Å². The summed E-state index contributed by atoms with van der Waals surface area (Å²) in [6, 6.07) is 6.09. The molecule has 1 aliphatic carbocycles. The lowest BCUT2D eigenvalue weighted by atomic mass is 10.1. The monoisotopic (exact) mass is 274 g/mol. The SMILES string of the molecule is Cc1sc2nc3c(n2c1C)Cc1cc(Cl)ccc1-3. The van der Waals surface area contributed by atoms with E-state index in [-0.39, 0.29) is 0 Å². The third kappa shape index (κ3) is 1.21. The molecule has 1 aromatic carbocycles. The summed E-state index contributed by atoms with van der Waals surface area (Å²) in [6.45, 7) is 4.32. The van der Waals surface area contributed by atoms with E-state index in [0.717, 1.165) is 22.1 Å². The van der Waals surface area contributed by atoms with Crippen molar-refractivity contribution >= 4 is 27.9 Å². The molecule has 2 heterocycles. The second kappa shape index (κ2) is 3.37. The Morgan fingerprint density at radius 3 is 3.00 bits per heavy atom. The zero-order chi connectivity index (χ0) is 12.4. The molecule has 0 unspecified atom stereocenters. The van der Waals surface area contributed by atoms with E-state index >= 15 is 0 Å². The zero-order valence-electron chi connectivity index (χ0n) is 10.1. The summed E-state index contributed by atoms with van der Waals surface area (Å²) in [4.78, 5) is 7.23. The number of imidazole rings is 1. The van der Waals surface area contributed by atoms with Gasteiger partial charge in [-0.25, -0.2) is 4.98 Å². The van der Waals surface area contributed by atoms with Crippen molar-refractivity contribution in [1.29, 1.82) is 0 Å². The quantitative estimate of drug-likeness (QED) is 0.469. The number of hydrogen-bond acceptors (Lipinski definition) is 2. The minimum Gasteiger partial charge on any atom is -0.291 e. The van der Waals surface area contributed by atoms with Crippen LogP contribution in [0.4, 0.5) is 0 Å². The first-order valence-electron chi connectivity index (χ1n) is 5.91. The maximum absolute atomic E-state index is 6.06. The standard InChI is InChI=1S/C14H11ClN2S/c1-7-8(2)18-14-16-13-11-4-3-10(15)5-9(11)6-12(13)17(7)14/h3-5H,6H2,1-2H3. The second-order valence-corrected chi connectivity index (χ2v) is 6.37. The summed E-state index contributed by atoms with van der Waals surface area (Å²) >= 11 is 7.83. The van der Waals surface area contributed by atoms with Gasteiger partial charge in [0.2, 0.25) is 0 Å². The van der Waals surface area contributed by atoms with Gasteiger partial charge in [0.1, 0.15) is 0 Å². The fourth-order valence-electron chi connectivity index (χ4n) is 2.71. The highest BCUT2D eigenvalue weighted by atomic mass is 35.5. The van der Waals surface area contributed by atoms with Gasteiger partial charge in [0, 0.05) is 27.6 Å². The van der Waals surface area contributed by atoms with Gasteiger partial charge < -0.3 is 0 Å². The zero-order valence-corrected chi connectivity index (χ0v) is 11.7. The summed E-state index contributed by atoms with van der Waals surface area (Å²) in [5, 5.41) is 0.804. The van der Waals surface area contributed by atoms with Crippen molar-refractivity contribution in [3.63, 3.8) is 0 Å². The lowest BCUT2D eigenvalue weighted by Crippen LogP contribution is -1.92. The van der Waals surface area contributed by atoms with Crippen LogP contribution in [0.5, 0.6) is 0 Å². The summed E-state index contributed by atoms with van der Waals surface area (Å²) < 4.78 is 2.29. The van der Waals surface area contributed by atoms with Gasteiger partial charge in [-0.05, 0) is 31.5 Å². The van der Waals surface area contributed by atoms with Crippen molar-refractivity contribution in [2.45, 2.75) is 20.3 Å². The average molecular weight is 275 g/mol. The molecule has 1 aliphatic rings. The molecule has 0 spiro atoms. The number of thiazole rings is 1. The molecule has 0 atom stereocenters. The summed E-state index contributed by atoms with van der Waals surface area (Å²) in [5.74, 6) is 0. The van der Waals surface area contributed by atoms with E-state index in [2.05, 4.69) is 30.4 Å². The molecule has 4 heteroatoms. The number of aryl methyl sites for hydroxylation is 2. The molecule has 0 bridgehead atoms. The second-order valence-electron chi connectivity index (χ2n) is 4.75. The van der Waals surface area contributed by atoms with Crippen molar-refractivity contribution in [2.75, 3.05) is 0 Å². The summed E-state index contributed by atoms with van der Waals surface area (Å²) in [7, 11) is 0. The predicted molar refractivity (Wildman–Crippen MR) is 75.8 cm³/mol. The molecule has 90 valence electrons. The van der Waals surface area contributed by atoms with Gasteiger partial charge >= 0.3 is 0 Å². The van der Waals surface area contributed by atoms with Gasteiger partial charge in [-0.2, -0.15) is 0 Å². The van der Waals surface area contributed by atoms with Crippen molar-refractivity contribution in [3.05, 3.63) is 45.1 Å². The van der Waals surface area contributed by atoms with Crippen LogP contribution in [0, 0.1) is 13.8 Å². The third-order valence-corrected chi connectivity index (χ3v) is 5.00. The molecule has 0 radical (unpaired) electrons. The van der Waals surface area contributed by atoms with Crippen LogP contribution in [0.15, 0.2) is 18.2 Å². The molecular weight excluding hydrogens is 264 g/mol. The highest BCUT2D eigenvalue weighted by Gasteiger charge is 2.26. The predicted octanol–water partition coefficient (Wildman–Crippen LogP) is 4.24. The first kappa shape index (κ1) is 10.6. The van der Waals surface area contributed by atoms with Gasteiger partial charge in [-0.1, -0.05) is 17.7 Å². The molecule has 0 N–H and O–H groups in total. The Hall–Kier alpha value is -1.32. The number of halogens is 1. The van der Waals surface area contributed by atoms with E-state index in [0.29, 0.717) is 0 Å². The van der Waals surface area contributed by atoms with Crippen LogP contribution in [0.3, 0.4) is 0 Å². The maximum Gasteiger partial charge on any atom is 0.194 e. The molecule has 0 saturated heterocycles. The fraction of sp³-hybridized carbons (Fsp3) is 0.214. The topological polar surface area (TPSA) is 17.3 Å². The summed E-state index contributed by atoms with van der Waals surface area (Å²) in [5.41, 5.74) is 6.28. The van der Waals surface area contributed by atoms with Crippen molar-refractivity contribution in [1.82, 2.24) is 9.38 Å². The average Bonchev–Trinajstić information content (AvgIpc) is 2.90. The van der Waals surface area contributed by atoms with Gasteiger partial charge in [-0.3, -0.25) is 4.40 Å². The molecule has 2 nitrogen and oxygen atoms in total. The largest absolute Gasteiger partial charge is 0.291 e. The molecule has 3 aromatic rings. The van der Waals surface area contributed by atoms with Crippen LogP contribution in [-0.2, 0) is 6.42 Å². The Labute approximate surface area is 114 Å².